The molecule has 1 saturated carbocycles. The molecule has 1 spiro atoms. The Balaban J connectivity index is 0.918. The molecule has 1 amide bonds. The van der Waals surface area contributed by atoms with Crippen LogP contribution >= 0.6 is 23.1 Å². The highest BCUT2D eigenvalue weighted by Crippen LogP contribution is 2.52. The number of anilines is 5. The van der Waals surface area contributed by atoms with E-state index in [1.165, 1.54) is 25.7 Å². The van der Waals surface area contributed by atoms with Gasteiger partial charge in [0.15, 0.2) is 0 Å². The van der Waals surface area contributed by atoms with Crippen LogP contribution in [0.2, 0.25) is 0 Å². The number of aryl methyl sites for hydroxylation is 2. The van der Waals surface area contributed by atoms with Crippen LogP contribution in [-0.2, 0) is 16.3 Å². The topological polar surface area (TPSA) is 133 Å². The third-order valence-corrected chi connectivity index (χ3v) is 15.4. The number of nitrogens with one attached hydrogen (secondary N) is 2. The van der Waals surface area contributed by atoms with Gasteiger partial charge in [0.2, 0.25) is 5.95 Å². The number of hydrogen-bond acceptors (Lipinski definition) is 12. The monoisotopic (exact) mass is 916 g/mol. The normalized spacial score (nSPS) is 19.1. The molecule has 4 aromatic rings. The van der Waals surface area contributed by atoms with Crippen molar-refractivity contribution in [1.82, 2.24) is 34.4 Å². The van der Waals surface area contributed by atoms with Gasteiger partial charge in [-0.2, -0.15) is 10.1 Å². The molecule has 0 radical (unpaired) electrons. The third-order valence-electron chi connectivity index (χ3n) is 13.2. The number of nitrogens with zero attached hydrogens (tertiary/aromatic N) is 8. The molecular formula is C45H62BrN10O4P. The molecule has 0 bridgehead atoms. The molecule has 3 saturated heterocycles. The summed E-state index contributed by atoms with van der Waals surface area (Å²) < 4.78 is 27.5. The van der Waals surface area contributed by atoms with Crippen LogP contribution in [0.25, 0.3) is 11.1 Å². The lowest BCUT2D eigenvalue weighted by molar-refractivity contribution is -0.0698. The fourth-order valence-corrected chi connectivity index (χ4v) is 11.7. The van der Waals surface area contributed by atoms with Crippen molar-refractivity contribution in [2.75, 3.05) is 88.3 Å². The van der Waals surface area contributed by atoms with E-state index in [1.807, 2.05) is 75.8 Å². The van der Waals surface area contributed by atoms with Gasteiger partial charge in [0.05, 0.1) is 29.2 Å². The Hall–Kier alpha value is -4.17. The standard InChI is InChI=1S/C45H62BrN10O4P/c1-29-10-11-36(40(30(29)2)61(8,9)58)49-41-35(46)25-47-42(51-41)50-37-20-34(31-24-48-52(6)26-31)38(21-39(37)59-7)55-18-16-54(17-19-55)32-22-45(23-32)12-14-53(15-13-45)33-27-56(28-33)43(57)60-44(3,4)5/h10-11,20-21,24-26,32-33H,12-19,22-23,27-28H2,1-9H3,(H2,47,49,50,51). The van der Waals surface area contributed by atoms with E-state index in [0.29, 0.717) is 39.5 Å². The minimum absolute atomic E-state index is 0.188. The number of piperidine rings is 1. The van der Waals surface area contributed by atoms with Gasteiger partial charge >= 0.3 is 6.09 Å². The number of rotatable bonds is 10. The summed E-state index contributed by atoms with van der Waals surface area (Å²) in [6.07, 6.45) is 10.5. The highest BCUT2D eigenvalue weighted by Gasteiger charge is 2.49. The van der Waals surface area contributed by atoms with Crippen LogP contribution < -0.4 is 25.6 Å². The molecule has 2 aromatic heterocycles. The third kappa shape index (κ3) is 9.31. The predicted octanol–water partition coefficient (Wildman–Crippen LogP) is 7.99. The van der Waals surface area contributed by atoms with Gasteiger partial charge in [0.1, 0.15) is 24.3 Å². The summed E-state index contributed by atoms with van der Waals surface area (Å²) in [5, 5.41) is 12.2. The Kier molecular flexibility index (Phi) is 12.0. The molecule has 8 rings (SSSR count). The fraction of sp³-hybridized carbons (Fsp3) is 0.556. The van der Waals surface area contributed by atoms with Gasteiger partial charge in [-0.05, 0) is 131 Å². The summed E-state index contributed by atoms with van der Waals surface area (Å²) in [5.41, 5.74) is 6.79. The predicted molar refractivity (Wildman–Crippen MR) is 248 cm³/mol. The molecule has 2 N–H and O–H groups in total. The van der Waals surface area contributed by atoms with Gasteiger partial charge < -0.3 is 34.5 Å². The van der Waals surface area contributed by atoms with E-state index in [9.17, 15) is 9.36 Å². The van der Waals surface area contributed by atoms with Crippen molar-refractivity contribution in [2.24, 2.45) is 12.5 Å². The van der Waals surface area contributed by atoms with Crippen LogP contribution in [0, 0.1) is 19.3 Å². The Labute approximate surface area is 369 Å². The molecule has 4 aliphatic rings. The van der Waals surface area contributed by atoms with Gasteiger partial charge in [-0.3, -0.25) is 14.5 Å². The number of piperazine rings is 1. The van der Waals surface area contributed by atoms with Crippen molar-refractivity contribution >= 4 is 63.3 Å². The van der Waals surface area contributed by atoms with E-state index in [2.05, 4.69) is 63.5 Å². The fourth-order valence-electron chi connectivity index (χ4n) is 9.71. The zero-order chi connectivity index (χ0) is 43.4. The number of benzene rings is 2. The Morgan fingerprint density at radius 2 is 1.62 bits per heavy atom. The summed E-state index contributed by atoms with van der Waals surface area (Å²) >= 11 is 3.63. The van der Waals surface area contributed by atoms with Crippen molar-refractivity contribution in [3.8, 4) is 16.9 Å². The largest absolute Gasteiger partial charge is 0.494 e. The quantitative estimate of drug-likeness (QED) is 0.150. The molecule has 1 aliphatic carbocycles. The first-order chi connectivity index (χ1) is 28.9. The minimum atomic E-state index is -2.61. The van der Waals surface area contributed by atoms with Gasteiger partial charge in [0.25, 0.3) is 0 Å². The van der Waals surface area contributed by atoms with Crippen molar-refractivity contribution in [1.29, 1.82) is 0 Å². The average Bonchev–Trinajstić information content (AvgIpc) is 3.61. The maximum Gasteiger partial charge on any atom is 0.410 e. The first kappa shape index (κ1) is 43.5. The lowest BCUT2D eigenvalue weighted by Crippen LogP contribution is -2.65. The van der Waals surface area contributed by atoms with Crippen LogP contribution in [-0.4, -0.2) is 131 Å². The lowest BCUT2D eigenvalue weighted by Gasteiger charge is -2.58. The molecule has 61 heavy (non-hydrogen) atoms. The van der Waals surface area contributed by atoms with Gasteiger partial charge in [-0.25, -0.2) is 9.78 Å². The molecule has 0 atom stereocenters. The van der Waals surface area contributed by atoms with E-state index >= 15 is 0 Å². The zero-order valence-electron chi connectivity index (χ0n) is 37.2. The van der Waals surface area contributed by atoms with Crippen LogP contribution in [0.3, 0.4) is 0 Å². The van der Waals surface area contributed by atoms with Crippen LogP contribution in [0.5, 0.6) is 5.75 Å². The highest BCUT2D eigenvalue weighted by molar-refractivity contribution is 9.10. The summed E-state index contributed by atoms with van der Waals surface area (Å²) in [5.74, 6) is 1.63. The molecule has 3 aliphatic heterocycles. The highest BCUT2D eigenvalue weighted by atomic mass is 79.9. The number of methoxy groups -OCH3 is 1. The van der Waals surface area contributed by atoms with Gasteiger partial charge in [-0.15, -0.1) is 0 Å². The first-order valence-electron chi connectivity index (χ1n) is 21.5. The van der Waals surface area contributed by atoms with Crippen molar-refractivity contribution < 1.29 is 18.8 Å². The van der Waals surface area contributed by atoms with E-state index in [1.54, 1.807) is 26.6 Å². The zero-order valence-corrected chi connectivity index (χ0v) is 39.7. The van der Waals surface area contributed by atoms with E-state index in [4.69, 9.17) is 14.5 Å². The summed E-state index contributed by atoms with van der Waals surface area (Å²) in [6, 6.07) is 9.34. The number of carbonyl (C=O) groups excluding carboxylic acids is 1. The number of carbonyl (C=O) groups is 1. The number of hydrogen-bond donors (Lipinski definition) is 2. The molecule has 328 valence electrons. The SMILES string of the molecule is COc1cc(N2CCN(C3CC4(CCN(C5CN(C(=O)OC(C)(C)C)C5)CC4)C3)CC2)c(-c2cnn(C)c2)cc1Nc1ncc(Br)c(Nc2ccc(C)c(C)c2P(C)(C)=O)n1. The second kappa shape index (κ2) is 16.8. The number of likely N-dealkylation sites (tertiary alicyclic amines) is 2. The van der Waals surface area contributed by atoms with E-state index in [-0.39, 0.29) is 6.09 Å². The Morgan fingerprint density at radius 3 is 2.25 bits per heavy atom. The molecule has 4 fully saturated rings. The second-order valence-electron chi connectivity index (χ2n) is 19.0. The smallest absolute Gasteiger partial charge is 0.410 e. The van der Waals surface area contributed by atoms with Crippen molar-refractivity contribution in [2.45, 2.75) is 78.0 Å². The van der Waals surface area contributed by atoms with Crippen LogP contribution in [0.1, 0.15) is 57.6 Å². The number of halogens is 1. The maximum absolute atomic E-state index is 13.4. The van der Waals surface area contributed by atoms with Gasteiger partial charge in [-0.1, -0.05) is 6.07 Å². The van der Waals surface area contributed by atoms with Crippen LogP contribution in [0.4, 0.5) is 33.6 Å². The summed E-state index contributed by atoms with van der Waals surface area (Å²) in [6.45, 7) is 21.1. The Bertz CT molecular complexity index is 2310. The van der Waals surface area contributed by atoms with E-state index < -0.39 is 12.7 Å². The lowest BCUT2D eigenvalue weighted by atomic mass is 9.59. The minimum Gasteiger partial charge on any atom is -0.494 e. The summed E-state index contributed by atoms with van der Waals surface area (Å²) in [7, 11) is 1.03. The summed E-state index contributed by atoms with van der Waals surface area (Å²) in [4.78, 5) is 31.6. The average molecular weight is 918 g/mol. The molecule has 14 nitrogen and oxygen atoms in total. The second-order valence-corrected chi connectivity index (χ2v) is 23.0. The Morgan fingerprint density at radius 1 is 0.934 bits per heavy atom. The van der Waals surface area contributed by atoms with Crippen molar-refractivity contribution in [3.63, 3.8) is 0 Å². The molecule has 5 heterocycles. The van der Waals surface area contributed by atoms with E-state index in [0.717, 1.165) is 97.0 Å². The molecule has 2 aromatic carbocycles. The van der Waals surface area contributed by atoms with Crippen LogP contribution in [0.15, 0.2) is 47.3 Å². The number of amides is 1. The number of ether oxygens (including phenoxy) is 2. The van der Waals surface area contributed by atoms with Crippen molar-refractivity contribution in [3.05, 3.63) is 58.5 Å². The molecular weight excluding hydrogens is 855 g/mol. The first-order valence-corrected chi connectivity index (χ1v) is 24.9. The maximum atomic E-state index is 13.4. The number of aromatic nitrogens is 4. The van der Waals surface area contributed by atoms with Gasteiger partial charge in [0, 0.05) is 99.0 Å². The molecule has 16 heteroatoms. The molecule has 0 unspecified atom stereocenters.